The predicted octanol–water partition coefficient (Wildman–Crippen LogP) is 0.499. The van der Waals surface area contributed by atoms with Crippen LogP contribution >= 0.6 is 0 Å². The second-order valence-corrected chi connectivity index (χ2v) is 5.65. The van der Waals surface area contributed by atoms with Crippen molar-refractivity contribution in [2.75, 3.05) is 6.54 Å². The van der Waals surface area contributed by atoms with Gasteiger partial charge in [0.15, 0.2) is 0 Å². The molecule has 0 radical (unpaired) electrons. The van der Waals surface area contributed by atoms with E-state index in [1.807, 2.05) is 0 Å². The Labute approximate surface area is 129 Å². The largest absolute Gasteiger partial charge is 0.390 e. The van der Waals surface area contributed by atoms with Gasteiger partial charge in [0.05, 0.1) is 6.10 Å². The Hall–Kier alpha value is -1.92. The minimum absolute atomic E-state index is 0.116. The maximum Gasteiger partial charge on any atom is 0.251 e. The number of aliphatic hydroxyl groups excluding tert-OH is 2. The molecule has 120 valence electrons. The van der Waals surface area contributed by atoms with Crippen molar-refractivity contribution in [2.45, 2.75) is 44.4 Å². The molecule has 0 aromatic heterocycles. The van der Waals surface area contributed by atoms with Crippen LogP contribution in [0.4, 0.5) is 0 Å². The molecule has 2 amide bonds. The van der Waals surface area contributed by atoms with Crippen LogP contribution in [-0.2, 0) is 4.79 Å². The lowest BCUT2D eigenvalue weighted by atomic mass is 10.0. The van der Waals surface area contributed by atoms with Crippen LogP contribution in [0.25, 0.3) is 0 Å². The zero-order valence-electron chi connectivity index (χ0n) is 12.6. The molecule has 1 saturated carbocycles. The van der Waals surface area contributed by atoms with E-state index >= 15 is 0 Å². The Morgan fingerprint density at radius 2 is 1.86 bits per heavy atom. The van der Waals surface area contributed by atoms with Crippen LogP contribution in [0.1, 0.15) is 48.2 Å². The zero-order chi connectivity index (χ0) is 16.1. The van der Waals surface area contributed by atoms with Gasteiger partial charge in [-0.25, -0.2) is 0 Å². The first-order valence-corrected chi connectivity index (χ1v) is 7.48. The highest BCUT2D eigenvalue weighted by molar-refractivity contribution is 5.94. The number of carbonyl (C=O) groups excluding carboxylic acids is 2. The second-order valence-electron chi connectivity index (χ2n) is 5.65. The SMILES string of the molecule is CC(=O)NCCC(O)C(O)c1ccc(C(=O)NC2CC2)cc1. The number of hydrogen-bond acceptors (Lipinski definition) is 4. The van der Waals surface area contributed by atoms with Crippen molar-refractivity contribution in [1.82, 2.24) is 10.6 Å². The third-order valence-corrected chi connectivity index (χ3v) is 3.61. The summed E-state index contributed by atoms with van der Waals surface area (Å²) in [5.41, 5.74) is 1.08. The van der Waals surface area contributed by atoms with Crippen LogP contribution in [0.3, 0.4) is 0 Å². The molecule has 2 atom stereocenters. The zero-order valence-corrected chi connectivity index (χ0v) is 12.6. The van der Waals surface area contributed by atoms with Gasteiger partial charge in [-0.15, -0.1) is 0 Å². The number of hydrogen-bond donors (Lipinski definition) is 4. The molecule has 22 heavy (non-hydrogen) atoms. The van der Waals surface area contributed by atoms with Gasteiger partial charge in [0.25, 0.3) is 5.91 Å². The lowest BCUT2D eigenvalue weighted by Crippen LogP contribution is -2.28. The third-order valence-electron chi connectivity index (χ3n) is 3.61. The van der Waals surface area contributed by atoms with E-state index in [0.717, 1.165) is 12.8 Å². The van der Waals surface area contributed by atoms with Crippen molar-refractivity contribution < 1.29 is 19.8 Å². The molecule has 2 rings (SSSR count). The molecule has 0 bridgehead atoms. The van der Waals surface area contributed by atoms with Crippen molar-refractivity contribution in [2.24, 2.45) is 0 Å². The summed E-state index contributed by atoms with van der Waals surface area (Å²) in [7, 11) is 0. The van der Waals surface area contributed by atoms with Gasteiger partial charge in [-0.05, 0) is 37.0 Å². The van der Waals surface area contributed by atoms with E-state index in [2.05, 4.69) is 10.6 Å². The number of nitrogens with one attached hydrogen (secondary N) is 2. The minimum atomic E-state index is -1.05. The quantitative estimate of drug-likeness (QED) is 0.589. The Balaban J connectivity index is 1.87. The molecule has 0 spiro atoms. The molecule has 1 aromatic rings. The van der Waals surface area contributed by atoms with Gasteiger partial charge in [0, 0.05) is 25.1 Å². The number of benzene rings is 1. The van der Waals surface area contributed by atoms with Gasteiger partial charge >= 0.3 is 0 Å². The summed E-state index contributed by atoms with van der Waals surface area (Å²) >= 11 is 0. The van der Waals surface area contributed by atoms with E-state index in [9.17, 15) is 19.8 Å². The standard InChI is InChI=1S/C16H22N2O4/c1-10(19)17-9-8-14(20)15(21)11-2-4-12(5-3-11)16(22)18-13-6-7-13/h2-5,13-15,20-21H,6-9H2,1H3,(H,17,19)(H,18,22). The van der Waals surface area contributed by atoms with Crippen LogP contribution < -0.4 is 10.6 Å². The maximum absolute atomic E-state index is 11.9. The predicted molar refractivity (Wildman–Crippen MR) is 81.2 cm³/mol. The summed E-state index contributed by atoms with van der Waals surface area (Å²) in [4.78, 5) is 22.6. The molecule has 4 N–H and O–H groups in total. The van der Waals surface area contributed by atoms with Gasteiger partial charge in [-0.2, -0.15) is 0 Å². The van der Waals surface area contributed by atoms with Crippen LogP contribution in [0.2, 0.25) is 0 Å². The number of carbonyl (C=O) groups is 2. The van der Waals surface area contributed by atoms with Crippen LogP contribution in [0.5, 0.6) is 0 Å². The normalized spacial score (nSPS) is 16.7. The molecule has 0 heterocycles. The summed E-state index contributed by atoms with van der Waals surface area (Å²) in [5, 5.41) is 25.4. The topological polar surface area (TPSA) is 98.7 Å². The number of rotatable bonds is 7. The van der Waals surface area contributed by atoms with E-state index in [1.54, 1.807) is 24.3 Å². The number of amides is 2. The van der Waals surface area contributed by atoms with Gasteiger partial charge in [0.1, 0.15) is 6.10 Å². The molecule has 0 saturated heterocycles. The molecule has 1 aliphatic rings. The first kappa shape index (κ1) is 16.5. The van der Waals surface area contributed by atoms with E-state index in [4.69, 9.17) is 0 Å². The van der Waals surface area contributed by atoms with Crippen molar-refractivity contribution >= 4 is 11.8 Å². The summed E-state index contributed by atoms with van der Waals surface area (Å²) in [6, 6.07) is 6.84. The average Bonchev–Trinajstić information content (AvgIpc) is 3.30. The molecule has 1 aromatic carbocycles. The van der Waals surface area contributed by atoms with E-state index in [0.29, 0.717) is 23.7 Å². The number of aliphatic hydroxyl groups is 2. The second kappa shape index (κ2) is 7.38. The van der Waals surface area contributed by atoms with Crippen LogP contribution in [0, 0.1) is 0 Å². The highest BCUT2D eigenvalue weighted by Gasteiger charge is 2.24. The van der Waals surface area contributed by atoms with Crippen molar-refractivity contribution in [3.63, 3.8) is 0 Å². The summed E-state index contributed by atoms with van der Waals surface area (Å²) in [6.45, 7) is 1.70. The minimum Gasteiger partial charge on any atom is -0.390 e. The fourth-order valence-electron chi connectivity index (χ4n) is 2.10. The maximum atomic E-state index is 11.9. The molecular formula is C16H22N2O4. The molecule has 6 heteroatoms. The highest BCUT2D eigenvalue weighted by atomic mass is 16.3. The first-order valence-electron chi connectivity index (χ1n) is 7.48. The van der Waals surface area contributed by atoms with E-state index < -0.39 is 12.2 Å². The smallest absolute Gasteiger partial charge is 0.251 e. The Morgan fingerprint density at radius 3 is 2.41 bits per heavy atom. The van der Waals surface area contributed by atoms with Crippen molar-refractivity contribution in [3.05, 3.63) is 35.4 Å². The van der Waals surface area contributed by atoms with Gasteiger partial charge < -0.3 is 20.8 Å². The monoisotopic (exact) mass is 306 g/mol. The lowest BCUT2D eigenvalue weighted by molar-refractivity contribution is -0.119. The third kappa shape index (κ3) is 4.82. The van der Waals surface area contributed by atoms with Crippen molar-refractivity contribution in [3.8, 4) is 0 Å². The van der Waals surface area contributed by atoms with Gasteiger partial charge in [-0.3, -0.25) is 9.59 Å². The Bertz CT molecular complexity index is 525. The first-order chi connectivity index (χ1) is 10.5. The molecule has 0 aliphatic heterocycles. The van der Waals surface area contributed by atoms with Crippen LogP contribution in [0.15, 0.2) is 24.3 Å². The molecule has 2 unspecified atom stereocenters. The van der Waals surface area contributed by atoms with Crippen LogP contribution in [-0.4, -0.2) is 40.7 Å². The fourth-order valence-corrected chi connectivity index (χ4v) is 2.10. The summed E-state index contributed by atoms with van der Waals surface area (Å²) in [5.74, 6) is -0.289. The highest BCUT2D eigenvalue weighted by Crippen LogP contribution is 2.21. The van der Waals surface area contributed by atoms with E-state index in [-0.39, 0.29) is 18.2 Å². The molecule has 6 nitrogen and oxygen atoms in total. The van der Waals surface area contributed by atoms with Gasteiger partial charge in [-0.1, -0.05) is 12.1 Å². The molecule has 1 aliphatic carbocycles. The molecule has 1 fully saturated rings. The average molecular weight is 306 g/mol. The Morgan fingerprint density at radius 1 is 1.23 bits per heavy atom. The summed E-state index contributed by atoms with van der Waals surface area (Å²) in [6.07, 6.45) is 0.295. The van der Waals surface area contributed by atoms with E-state index in [1.165, 1.54) is 6.92 Å². The van der Waals surface area contributed by atoms with Crippen molar-refractivity contribution in [1.29, 1.82) is 0 Å². The molecular weight excluding hydrogens is 284 g/mol. The summed E-state index contributed by atoms with van der Waals surface area (Å²) < 4.78 is 0. The fraction of sp³-hybridized carbons (Fsp3) is 0.500. The Kier molecular flexibility index (Phi) is 5.51. The lowest BCUT2D eigenvalue weighted by Gasteiger charge is -2.18. The van der Waals surface area contributed by atoms with Gasteiger partial charge in [0.2, 0.25) is 5.91 Å².